The Balaban J connectivity index is 1.88. The number of amides is 1. The molecule has 0 atom stereocenters. The lowest BCUT2D eigenvalue weighted by Crippen LogP contribution is -2.20. The largest absolute Gasteiger partial charge is 0.493 e. The fourth-order valence-corrected chi connectivity index (χ4v) is 2.65. The first-order valence-electron chi connectivity index (χ1n) is 9.81. The molecule has 2 rings (SSSR count). The average Bonchev–Trinajstić information content (AvgIpc) is 2.71. The van der Waals surface area contributed by atoms with Crippen LogP contribution in [0.25, 0.3) is 6.08 Å². The summed E-state index contributed by atoms with van der Waals surface area (Å²) in [5.74, 6) is 0.631. The van der Waals surface area contributed by atoms with Gasteiger partial charge in [0, 0.05) is 11.8 Å². The van der Waals surface area contributed by atoms with E-state index in [1.807, 2.05) is 38.1 Å². The van der Waals surface area contributed by atoms with Gasteiger partial charge in [-0.05, 0) is 55.2 Å². The normalized spacial score (nSPS) is 10.9. The van der Waals surface area contributed by atoms with E-state index < -0.39 is 11.9 Å². The number of nitrogens with one attached hydrogen (secondary N) is 1. The molecule has 0 unspecified atom stereocenters. The smallest absolute Gasteiger partial charge is 0.331 e. The minimum Gasteiger partial charge on any atom is -0.493 e. The van der Waals surface area contributed by atoms with Crippen molar-refractivity contribution < 1.29 is 23.8 Å². The van der Waals surface area contributed by atoms with Gasteiger partial charge in [0.25, 0.3) is 5.91 Å². The predicted molar refractivity (Wildman–Crippen MR) is 118 cm³/mol. The summed E-state index contributed by atoms with van der Waals surface area (Å²) in [6.45, 7) is 8.25. The molecule has 2 aromatic carbocycles. The molecule has 0 aliphatic heterocycles. The average molecular weight is 411 g/mol. The Morgan fingerprint density at radius 2 is 1.83 bits per heavy atom. The van der Waals surface area contributed by atoms with Crippen LogP contribution in [0.2, 0.25) is 0 Å². The highest BCUT2D eigenvalue weighted by molar-refractivity contribution is 5.95. The van der Waals surface area contributed by atoms with Crippen LogP contribution < -0.4 is 14.8 Å². The molecule has 0 bridgehead atoms. The fraction of sp³-hybridized carbons (Fsp3) is 0.333. The van der Waals surface area contributed by atoms with Gasteiger partial charge in [0.2, 0.25) is 0 Å². The molecule has 0 radical (unpaired) electrons. The molecular weight excluding hydrogens is 382 g/mol. The van der Waals surface area contributed by atoms with E-state index >= 15 is 0 Å². The maximum atomic E-state index is 12.0. The second kappa shape index (κ2) is 11.0. The maximum absolute atomic E-state index is 12.0. The van der Waals surface area contributed by atoms with E-state index in [1.54, 1.807) is 25.3 Å². The Morgan fingerprint density at radius 3 is 2.50 bits per heavy atom. The van der Waals surface area contributed by atoms with Crippen molar-refractivity contribution >= 4 is 23.6 Å². The zero-order valence-corrected chi connectivity index (χ0v) is 18.2. The van der Waals surface area contributed by atoms with Crippen molar-refractivity contribution in [1.82, 2.24) is 0 Å². The lowest BCUT2D eigenvalue weighted by molar-refractivity contribution is -0.142. The van der Waals surface area contributed by atoms with Crippen LogP contribution in [0.3, 0.4) is 0 Å². The number of methoxy groups -OCH3 is 1. The van der Waals surface area contributed by atoms with Gasteiger partial charge in [-0.2, -0.15) is 0 Å². The third kappa shape index (κ3) is 7.28. The molecule has 30 heavy (non-hydrogen) atoms. The molecule has 0 aliphatic carbocycles. The number of hydrogen-bond acceptors (Lipinski definition) is 5. The SMILES string of the molecule is COc1cc(/C=C/C(=O)OCC(=O)Nc2ccc(C)cc2C)ccc1OCC(C)C. The Bertz CT molecular complexity index is 918. The summed E-state index contributed by atoms with van der Waals surface area (Å²) in [5.41, 5.74) is 3.51. The summed E-state index contributed by atoms with van der Waals surface area (Å²) in [6, 6.07) is 11.1. The molecule has 6 heteroatoms. The molecule has 2 aromatic rings. The van der Waals surface area contributed by atoms with Gasteiger partial charge in [-0.1, -0.05) is 37.6 Å². The number of aryl methyl sites for hydroxylation is 2. The van der Waals surface area contributed by atoms with E-state index in [2.05, 4.69) is 19.2 Å². The molecule has 0 aliphatic rings. The summed E-state index contributed by atoms with van der Waals surface area (Å²) in [5, 5.41) is 2.74. The number of rotatable bonds is 9. The molecule has 0 saturated heterocycles. The van der Waals surface area contributed by atoms with E-state index in [0.717, 1.165) is 16.7 Å². The van der Waals surface area contributed by atoms with Crippen molar-refractivity contribution in [3.05, 3.63) is 59.2 Å². The Morgan fingerprint density at radius 1 is 1.07 bits per heavy atom. The summed E-state index contributed by atoms with van der Waals surface area (Å²) in [4.78, 5) is 24.0. The molecule has 6 nitrogen and oxygen atoms in total. The second-order valence-electron chi connectivity index (χ2n) is 7.42. The molecule has 0 heterocycles. The van der Waals surface area contributed by atoms with Crippen molar-refractivity contribution in [2.45, 2.75) is 27.7 Å². The molecule has 0 fully saturated rings. The van der Waals surface area contributed by atoms with Gasteiger partial charge >= 0.3 is 5.97 Å². The minimum absolute atomic E-state index is 0.359. The molecule has 1 N–H and O–H groups in total. The molecular formula is C24H29NO5. The molecule has 0 saturated carbocycles. The highest BCUT2D eigenvalue weighted by Crippen LogP contribution is 2.29. The number of carbonyl (C=O) groups is 2. The van der Waals surface area contributed by atoms with Gasteiger partial charge in [-0.15, -0.1) is 0 Å². The lowest BCUT2D eigenvalue weighted by Gasteiger charge is -2.12. The molecule has 0 aromatic heterocycles. The van der Waals surface area contributed by atoms with Gasteiger partial charge in [-0.25, -0.2) is 4.79 Å². The standard InChI is InChI=1S/C24H29NO5/c1-16(2)14-29-21-10-7-19(13-22(21)28-5)8-11-24(27)30-15-23(26)25-20-9-6-17(3)12-18(20)4/h6-13,16H,14-15H2,1-5H3,(H,25,26)/b11-8+. The zero-order valence-electron chi connectivity index (χ0n) is 18.2. The first-order valence-corrected chi connectivity index (χ1v) is 9.81. The summed E-state index contributed by atoms with van der Waals surface area (Å²) in [7, 11) is 1.56. The van der Waals surface area contributed by atoms with Crippen LogP contribution in [0.4, 0.5) is 5.69 Å². The van der Waals surface area contributed by atoms with Crippen LogP contribution in [-0.4, -0.2) is 32.2 Å². The molecule has 0 spiro atoms. The van der Waals surface area contributed by atoms with Crippen LogP contribution >= 0.6 is 0 Å². The van der Waals surface area contributed by atoms with Crippen molar-refractivity contribution in [1.29, 1.82) is 0 Å². The van der Waals surface area contributed by atoms with Gasteiger partial charge < -0.3 is 19.5 Å². The van der Waals surface area contributed by atoms with Gasteiger partial charge in [0.05, 0.1) is 13.7 Å². The minimum atomic E-state index is -0.607. The molecule has 1 amide bonds. The van der Waals surface area contributed by atoms with E-state index in [4.69, 9.17) is 14.2 Å². The second-order valence-corrected chi connectivity index (χ2v) is 7.42. The topological polar surface area (TPSA) is 73.9 Å². The summed E-state index contributed by atoms with van der Waals surface area (Å²) < 4.78 is 16.1. The maximum Gasteiger partial charge on any atom is 0.331 e. The number of ether oxygens (including phenoxy) is 3. The molecule has 160 valence electrons. The number of anilines is 1. The van der Waals surface area contributed by atoms with Crippen LogP contribution in [0, 0.1) is 19.8 Å². The highest BCUT2D eigenvalue weighted by Gasteiger charge is 2.09. The monoisotopic (exact) mass is 411 g/mol. The van der Waals surface area contributed by atoms with E-state index in [-0.39, 0.29) is 6.61 Å². The zero-order chi connectivity index (χ0) is 22.1. The Labute approximate surface area is 177 Å². The van der Waals surface area contributed by atoms with Gasteiger partial charge in [0.1, 0.15) is 0 Å². The van der Waals surface area contributed by atoms with Gasteiger partial charge in [0.15, 0.2) is 18.1 Å². The quantitative estimate of drug-likeness (QED) is 0.484. The van der Waals surface area contributed by atoms with Crippen LogP contribution in [0.1, 0.15) is 30.5 Å². The Hall–Kier alpha value is -3.28. The fourth-order valence-electron chi connectivity index (χ4n) is 2.65. The van der Waals surface area contributed by atoms with Crippen molar-refractivity contribution in [2.24, 2.45) is 5.92 Å². The van der Waals surface area contributed by atoms with Crippen LogP contribution in [-0.2, 0) is 14.3 Å². The Kier molecular flexibility index (Phi) is 8.47. The van der Waals surface area contributed by atoms with E-state index in [1.165, 1.54) is 6.08 Å². The van der Waals surface area contributed by atoms with E-state index in [9.17, 15) is 9.59 Å². The van der Waals surface area contributed by atoms with Crippen molar-refractivity contribution in [3.63, 3.8) is 0 Å². The van der Waals surface area contributed by atoms with E-state index in [0.29, 0.717) is 29.7 Å². The third-order valence-corrected chi connectivity index (χ3v) is 4.17. The number of hydrogen-bond donors (Lipinski definition) is 1. The summed E-state index contributed by atoms with van der Waals surface area (Å²) >= 11 is 0. The van der Waals surface area contributed by atoms with Crippen LogP contribution in [0.5, 0.6) is 11.5 Å². The van der Waals surface area contributed by atoms with Crippen LogP contribution in [0.15, 0.2) is 42.5 Å². The number of esters is 1. The lowest BCUT2D eigenvalue weighted by atomic mass is 10.1. The van der Waals surface area contributed by atoms with Gasteiger partial charge in [-0.3, -0.25) is 4.79 Å². The predicted octanol–water partition coefficient (Wildman–Crippen LogP) is 4.54. The number of carbonyl (C=O) groups excluding carboxylic acids is 2. The third-order valence-electron chi connectivity index (χ3n) is 4.17. The van der Waals surface area contributed by atoms with Crippen molar-refractivity contribution in [2.75, 3.05) is 25.6 Å². The first kappa shape index (κ1) is 23.0. The van der Waals surface area contributed by atoms with Crippen molar-refractivity contribution in [3.8, 4) is 11.5 Å². The number of benzene rings is 2. The summed E-state index contributed by atoms with van der Waals surface area (Å²) in [6.07, 6.45) is 2.87. The highest BCUT2D eigenvalue weighted by atomic mass is 16.5. The first-order chi connectivity index (χ1) is 14.3.